The van der Waals surface area contributed by atoms with E-state index in [0.717, 1.165) is 38.0 Å². The molecule has 3 N–H and O–H groups in total. The molecule has 3 atom stereocenters. The Balaban J connectivity index is 1.95. The maximum Gasteiger partial charge on any atom is 0.0745 e. The number of ether oxygens (including phenoxy) is 1. The van der Waals surface area contributed by atoms with Crippen LogP contribution in [-0.4, -0.2) is 28.5 Å². The van der Waals surface area contributed by atoms with Gasteiger partial charge in [-0.15, -0.1) is 0 Å². The molecule has 1 aromatic heterocycles. The minimum absolute atomic E-state index is 0.153. The molecule has 0 aliphatic carbocycles. The van der Waals surface area contributed by atoms with E-state index in [4.69, 9.17) is 10.6 Å². The topological polar surface area (TPSA) is 65.1 Å². The summed E-state index contributed by atoms with van der Waals surface area (Å²) in [6, 6.07) is 2.68. The van der Waals surface area contributed by atoms with Crippen LogP contribution >= 0.6 is 0 Å². The second-order valence-corrected chi connectivity index (χ2v) is 5.43. The minimum Gasteiger partial charge on any atom is -0.377 e. The summed E-state index contributed by atoms with van der Waals surface area (Å²) in [5, 5.41) is 4.63. The molecule has 108 valence electrons. The molecule has 0 spiro atoms. The highest BCUT2D eigenvalue weighted by Crippen LogP contribution is 2.18. The third-order valence-electron chi connectivity index (χ3n) is 4.01. The largest absolute Gasteiger partial charge is 0.377 e. The average Bonchev–Trinajstić information content (AvgIpc) is 2.93. The summed E-state index contributed by atoms with van der Waals surface area (Å²) in [6.07, 6.45) is 7.66. The van der Waals surface area contributed by atoms with Crippen molar-refractivity contribution in [3.8, 4) is 0 Å². The van der Waals surface area contributed by atoms with Crippen molar-refractivity contribution in [3.05, 3.63) is 18.0 Å². The van der Waals surface area contributed by atoms with E-state index >= 15 is 0 Å². The molecular formula is C14H26N4O. The maximum absolute atomic E-state index is 5.80. The van der Waals surface area contributed by atoms with Crippen LogP contribution in [0, 0.1) is 0 Å². The van der Waals surface area contributed by atoms with Gasteiger partial charge >= 0.3 is 0 Å². The second-order valence-electron chi connectivity index (χ2n) is 5.43. The molecular weight excluding hydrogens is 240 g/mol. The molecule has 0 bridgehead atoms. The third kappa shape index (κ3) is 3.78. The molecule has 2 rings (SSSR count). The highest BCUT2D eigenvalue weighted by Gasteiger charge is 2.24. The Morgan fingerprint density at radius 3 is 3.05 bits per heavy atom. The van der Waals surface area contributed by atoms with Crippen molar-refractivity contribution in [1.82, 2.24) is 15.2 Å². The number of nitrogens with one attached hydrogen (secondary N) is 1. The van der Waals surface area contributed by atoms with Gasteiger partial charge in [0.05, 0.1) is 17.8 Å². The molecule has 5 heteroatoms. The lowest BCUT2D eigenvalue weighted by Crippen LogP contribution is -2.47. The van der Waals surface area contributed by atoms with Gasteiger partial charge in [-0.25, -0.2) is 0 Å². The number of hydrogen-bond donors (Lipinski definition) is 2. The zero-order valence-corrected chi connectivity index (χ0v) is 12.0. The van der Waals surface area contributed by atoms with Gasteiger partial charge in [-0.05, 0) is 38.7 Å². The Morgan fingerprint density at radius 2 is 2.42 bits per heavy atom. The van der Waals surface area contributed by atoms with Crippen molar-refractivity contribution in [2.45, 2.75) is 64.1 Å². The molecule has 3 unspecified atom stereocenters. The van der Waals surface area contributed by atoms with Gasteiger partial charge in [-0.3, -0.25) is 16.0 Å². The molecule has 0 amide bonds. The monoisotopic (exact) mass is 266 g/mol. The van der Waals surface area contributed by atoms with E-state index in [0.29, 0.717) is 6.04 Å². The molecule has 1 saturated heterocycles. The zero-order chi connectivity index (χ0) is 13.7. The highest BCUT2D eigenvalue weighted by molar-refractivity contribution is 5.03. The van der Waals surface area contributed by atoms with Gasteiger partial charge in [0.1, 0.15) is 0 Å². The maximum atomic E-state index is 5.80. The van der Waals surface area contributed by atoms with Crippen molar-refractivity contribution >= 4 is 0 Å². The van der Waals surface area contributed by atoms with E-state index in [-0.39, 0.29) is 12.1 Å². The molecule has 0 saturated carbocycles. The minimum atomic E-state index is 0.153. The van der Waals surface area contributed by atoms with Crippen LogP contribution < -0.4 is 11.3 Å². The molecule has 19 heavy (non-hydrogen) atoms. The van der Waals surface area contributed by atoms with Gasteiger partial charge < -0.3 is 4.74 Å². The molecule has 0 aromatic carbocycles. The Bertz CT molecular complexity index is 373. The van der Waals surface area contributed by atoms with E-state index in [9.17, 15) is 0 Å². The summed E-state index contributed by atoms with van der Waals surface area (Å²) in [6.45, 7) is 5.20. The Labute approximate surface area is 115 Å². The van der Waals surface area contributed by atoms with E-state index < -0.39 is 0 Å². The van der Waals surface area contributed by atoms with Gasteiger partial charge in [0, 0.05) is 25.3 Å². The van der Waals surface area contributed by atoms with Crippen LogP contribution in [0.3, 0.4) is 0 Å². The van der Waals surface area contributed by atoms with Crippen molar-refractivity contribution in [1.29, 1.82) is 0 Å². The molecule has 1 aromatic rings. The van der Waals surface area contributed by atoms with Gasteiger partial charge in [0.25, 0.3) is 0 Å². The first-order valence-electron chi connectivity index (χ1n) is 7.36. The SMILES string of the molecule is CCC(C)n1ccc(CC(NN)C2CCCCO2)n1. The number of hydrogen-bond acceptors (Lipinski definition) is 4. The van der Waals surface area contributed by atoms with Crippen molar-refractivity contribution in [2.24, 2.45) is 5.84 Å². The highest BCUT2D eigenvalue weighted by atomic mass is 16.5. The first-order valence-corrected chi connectivity index (χ1v) is 7.36. The van der Waals surface area contributed by atoms with E-state index in [1.54, 1.807) is 0 Å². The summed E-state index contributed by atoms with van der Waals surface area (Å²) >= 11 is 0. The Hall–Kier alpha value is -0.910. The van der Waals surface area contributed by atoms with Crippen molar-refractivity contribution in [2.75, 3.05) is 6.61 Å². The molecule has 1 aliphatic rings. The number of aromatic nitrogens is 2. The lowest BCUT2D eigenvalue weighted by Gasteiger charge is -2.29. The van der Waals surface area contributed by atoms with Crippen molar-refractivity contribution < 1.29 is 4.74 Å². The standard InChI is InChI=1S/C14H26N4O/c1-3-11(2)18-8-7-12(17-18)10-13(16-15)14-6-4-5-9-19-14/h7-8,11,13-14,16H,3-6,9-10,15H2,1-2H3. The number of hydrazine groups is 1. The van der Waals surface area contributed by atoms with Gasteiger partial charge in [-0.2, -0.15) is 5.10 Å². The van der Waals surface area contributed by atoms with Crippen LogP contribution in [0.4, 0.5) is 0 Å². The van der Waals surface area contributed by atoms with E-state index in [2.05, 4.69) is 36.6 Å². The predicted molar refractivity (Wildman–Crippen MR) is 75.6 cm³/mol. The summed E-state index contributed by atoms with van der Waals surface area (Å²) in [5.41, 5.74) is 3.98. The fourth-order valence-corrected chi connectivity index (χ4v) is 2.52. The average molecular weight is 266 g/mol. The molecule has 1 fully saturated rings. The van der Waals surface area contributed by atoms with Crippen LogP contribution in [0.25, 0.3) is 0 Å². The van der Waals surface area contributed by atoms with Crippen LogP contribution in [0.5, 0.6) is 0 Å². The van der Waals surface area contributed by atoms with Gasteiger partial charge in [-0.1, -0.05) is 6.92 Å². The molecule has 0 radical (unpaired) electrons. The van der Waals surface area contributed by atoms with Crippen LogP contribution in [0.15, 0.2) is 12.3 Å². The number of rotatable bonds is 6. The normalized spacial score (nSPS) is 23.2. The third-order valence-corrected chi connectivity index (χ3v) is 4.01. The Morgan fingerprint density at radius 1 is 1.58 bits per heavy atom. The van der Waals surface area contributed by atoms with Crippen molar-refractivity contribution in [3.63, 3.8) is 0 Å². The summed E-state index contributed by atoms with van der Waals surface area (Å²) < 4.78 is 7.83. The summed E-state index contributed by atoms with van der Waals surface area (Å²) in [4.78, 5) is 0. The fraction of sp³-hybridized carbons (Fsp3) is 0.786. The Kier molecular flexibility index (Phi) is 5.36. The van der Waals surface area contributed by atoms with Gasteiger partial charge in [0.2, 0.25) is 0 Å². The first kappa shape index (κ1) is 14.5. The number of nitrogens with zero attached hydrogens (tertiary/aromatic N) is 2. The van der Waals surface area contributed by atoms with E-state index in [1.807, 2.05) is 4.68 Å². The van der Waals surface area contributed by atoms with Crippen LogP contribution in [-0.2, 0) is 11.2 Å². The predicted octanol–water partition coefficient (Wildman–Crippen LogP) is 1.80. The number of nitrogens with two attached hydrogens (primary N) is 1. The summed E-state index contributed by atoms with van der Waals surface area (Å²) in [5.74, 6) is 5.68. The molecule has 2 heterocycles. The quantitative estimate of drug-likeness (QED) is 0.608. The lowest BCUT2D eigenvalue weighted by atomic mass is 9.99. The van der Waals surface area contributed by atoms with E-state index in [1.165, 1.54) is 6.42 Å². The van der Waals surface area contributed by atoms with Crippen LogP contribution in [0.1, 0.15) is 51.3 Å². The lowest BCUT2D eigenvalue weighted by molar-refractivity contribution is -0.00765. The smallest absolute Gasteiger partial charge is 0.0745 e. The second kappa shape index (κ2) is 7.03. The fourth-order valence-electron chi connectivity index (χ4n) is 2.52. The molecule has 1 aliphatic heterocycles. The van der Waals surface area contributed by atoms with Crippen LogP contribution in [0.2, 0.25) is 0 Å². The first-order chi connectivity index (χ1) is 9.24. The zero-order valence-electron chi connectivity index (χ0n) is 12.0. The summed E-state index contributed by atoms with van der Waals surface area (Å²) in [7, 11) is 0. The molecule has 5 nitrogen and oxygen atoms in total. The van der Waals surface area contributed by atoms with Gasteiger partial charge in [0.15, 0.2) is 0 Å².